The summed E-state index contributed by atoms with van der Waals surface area (Å²) in [5.74, 6) is 0.610. The van der Waals surface area contributed by atoms with Crippen LogP contribution in [0.5, 0.6) is 0 Å². The Morgan fingerprint density at radius 2 is 2.32 bits per heavy atom. The van der Waals surface area contributed by atoms with Crippen molar-refractivity contribution in [3.63, 3.8) is 0 Å². The average Bonchev–Trinajstić information content (AvgIpc) is 3.10. The number of rotatable bonds is 8. The molecule has 1 aliphatic rings. The van der Waals surface area contributed by atoms with Crippen LogP contribution in [0.25, 0.3) is 0 Å². The van der Waals surface area contributed by atoms with Gasteiger partial charge in [0.05, 0.1) is 12.0 Å². The van der Waals surface area contributed by atoms with Crippen molar-refractivity contribution in [1.29, 1.82) is 0 Å². The number of aryl methyl sites for hydroxylation is 1. The fraction of sp³-hybridized carbons (Fsp3) is 0.714. The van der Waals surface area contributed by atoms with Gasteiger partial charge in [0.25, 0.3) is 0 Å². The molecule has 0 radical (unpaired) electrons. The second kappa shape index (κ2) is 6.70. The van der Waals surface area contributed by atoms with Gasteiger partial charge >= 0.3 is 0 Å². The topological polar surface area (TPSA) is 59.0 Å². The molecule has 0 unspecified atom stereocenters. The fourth-order valence-corrected chi connectivity index (χ4v) is 1.86. The monoisotopic (exact) mass is 264 g/mol. The SMILES string of the molecule is CC(C)CNC(=O)CCn1cncc1CNC1CC1. The first-order chi connectivity index (χ1) is 9.15. The van der Waals surface area contributed by atoms with E-state index in [4.69, 9.17) is 0 Å². The lowest BCUT2D eigenvalue weighted by molar-refractivity contribution is -0.121. The Labute approximate surface area is 114 Å². The van der Waals surface area contributed by atoms with Crippen LogP contribution in [-0.2, 0) is 17.9 Å². The van der Waals surface area contributed by atoms with Crippen LogP contribution >= 0.6 is 0 Å². The second-order valence-corrected chi connectivity index (χ2v) is 5.68. The van der Waals surface area contributed by atoms with Gasteiger partial charge < -0.3 is 15.2 Å². The normalized spacial score (nSPS) is 14.9. The van der Waals surface area contributed by atoms with E-state index >= 15 is 0 Å². The molecule has 0 bridgehead atoms. The minimum atomic E-state index is 0.114. The van der Waals surface area contributed by atoms with E-state index < -0.39 is 0 Å². The zero-order valence-corrected chi connectivity index (χ0v) is 11.9. The highest BCUT2D eigenvalue weighted by molar-refractivity contribution is 5.75. The molecule has 0 spiro atoms. The summed E-state index contributed by atoms with van der Waals surface area (Å²) < 4.78 is 2.06. The van der Waals surface area contributed by atoms with Crippen LogP contribution in [0.2, 0.25) is 0 Å². The van der Waals surface area contributed by atoms with Gasteiger partial charge in [-0.2, -0.15) is 0 Å². The average molecular weight is 264 g/mol. The summed E-state index contributed by atoms with van der Waals surface area (Å²) in [6, 6.07) is 0.692. The lowest BCUT2D eigenvalue weighted by Gasteiger charge is -2.10. The lowest BCUT2D eigenvalue weighted by atomic mass is 10.2. The van der Waals surface area contributed by atoms with Crippen LogP contribution in [0, 0.1) is 5.92 Å². The molecule has 1 amide bonds. The molecule has 0 atom stereocenters. The molecule has 19 heavy (non-hydrogen) atoms. The molecule has 5 heteroatoms. The van der Waals surface area contributed by atoms with E-state index in [0.717, 1.165) is 18.8 Å². The molecule has 1 aromatic rings. The molecule has 1 fully saturated rings. The van der Waals surface area contributed by atoms with Gasteiger partial charge in [-0.15, -0.1) is 0 Å². The quantitative estimate of drug-likeness (QED) is 0.744. The number of nitrogens with one attached hydrogen (secondary N) is 2. The molecule has 1 heterocycles. The maximum absolute atomic E-state index is 11.7. The zero-order chi connectivity index (χ0) is 13.7. The van der Waals surface area contributed by atoms with E-state index in [1.165, 1.54) is 12.8 Å². The Morgan fingerprint density at radius 3 is 3.00 bits per heavy atom. The second-order valence-electron chi connectivity index (χ2n) is 5.68. The molecule has 1 aromatic heterocycles. The Balaban J connectivity index is 1.72. The van der Waals surface area contributed by atoms with Crippen LogP contribution in [0.15, 0.2) is 12.5 Å². The van der Waals surface area contributed by atoms with Gasteiger partial charge in [-0.3, -0.25) is 4.79 Å². The summed E-state index contributed by atoms with van der Waals surface area (Å²) in [7, 11) is 0. The summed E-state index contributed by atoms with van der Waals surface area (Å²) in [6.45, 7) is 6.48. The van der Waals surface area contributed by atoms with Crippen LogP contribution in [-0.4, -0.2) is 28.0 Å². The van der Waals surface area contributed by atoms with Gasteiger partial charge in [-0.25, -0.2) is 4.98 Å². The molecule has 0 saturated heterocycles. The summed E-state index contributed by atoms with van der Waals surface area (Å²) in [5, 5.41) is 6.40. The third-order valence-electron chi connectivity index (χ3n) is 3.23. The highest BCUT2D eigenvalue weighted by Gasteiger charge is 2.20. The summed E-state index contributed by atoms with van der Waals surface area (Å²) in [5.41, 5.74) is 1.16. The van der Waals surface area contributed by atoms with Gasteiger partial charge in [-0.1, -0.05) is 13.8 Å². The van der Waals surface area contributed by atoms with E-state index in [2.05, 4.69) is 34.0 Å². The maximum Gasteiger partial charge on any atom is 0.221 e. The third-order valence-corrected chi connectivity index (χ3v) is 3.23. The Morgan fingerprint density at radius 1 is 1.53 bits per heavy atom. The van der Waals surface area contributed by atoms with Crippen LogP contribution in [0.4, 0.5) is 0 Å². The molecule has 0 aromatic carbocycles. The molecule has 0 aliphatic heterocycles. The molecule has 2 rings (SSSR count). The number of aromatic nitrogens is 2. The van der Waals surface area contributed by atoms with Crippen molar-refractivity contribution < 1.29 is 4.79 Å². The first kappa shape index (κ1) is 14.1. The minimum Gasteiger partial charge on any atom is -0.356 e. The molecule has 1 aliphatic carbocycles. The van der Waals surface area contributed by atoms with Crippen molar-refractivity contribution >= 4 is 5.91 Å². The molecule has 5 nitrogen and oxygen atoms in total. The first-order valence-electron chi connectivity index (χ1n) is 7.14. The first-order valence-corrected chi connectivity index (χ1v) is 7.14. The van der Waals surface area contributed by atoms with Crippen LogP contribution in [0.3, 0.4) is 0 Å². The number of amides is 1. The van der Waals surface area contributed by atoms with Crippen molar-refractivity contribution in [2.24, 2.45) is 5.92 Å². The largest absolute Gasteiger partial charge is 0.356 e. The standard InChI is InChI=1S/C14H24N4O/c1-11(2)7-17-14(19)5-6-18-10-15-8-13(18)9-16-12-3-4-12/h8,10-12,16H,3-7,9H2,1-2H3,(H,17,19). The highest BCUT2D eigenvalue weighted by Crippen LogP contribution is 2.19. The number of hydrogen-bond donors (Lipinski definition) is 2. The van der Waals surface area contributed by atoms with Gasteiger partial charge in [-0.05, 0) is 18.8 Å². The summed E-state index contributed by atoms with van der Waals surface area (Å²) in [4.78, 5) is 15.8. The third kappa shape index (κ3) is 5.03. The zero-order valence-electron chi connectivity index (χ0n) is 11.9. The Bertz CT molecular complexity index is 409. The number of imidazole rings is 1. The van der Waals surface area contributed by atoms with Crippen molar-refractivity contribution in [3.8, 4) is 0 Å². The Hall–Kier alpha value is -1.36. The van der Waals surface area contributed by atoms with Gasteiger partial charge in [0.1, 0.15) is 0 Å². The van der Waals surface area contributed by atoms with E-state index in [-0.39, 0.29) is 5.91 Å². The smallest absolute Gasteiger partial charge is 0.221 e. The predicted octanol–water partition coefficient (Wildman–Crippen LogP) is 1.30. The van der Waals surface area contributed by atoms with Crippen molar-refractivity contribution in [2.75, 3.05) is 6.54 Å². The van der Waals surface area contributed by atoms with E-state index in [1.807, 2.05) is 6.20 Å². The molecule has 1 saturated carbocycles. The van der Waals surface area contributed by atoms with E-state index in [0.29, 0.717) is 24.9 Å². The maximum atomic E-state index is 11.7. The molecular weight excluding hydrogens is 240 g/mol. The summed E-state index contributed by atoms with van der Waals surface area (Å²) in [6.07, 6.45) is 6.76. The lowest BCUT2D eigenvalue weighted by Crippen LogP contribution is -2.28. The van der Waals surface area contributed by atoms with Crippen LogP contribution in [0.1, 0.15) is 38.8 Å². The fourth-order valence-electron chi connectivity index (χ4n) is 1.86. The van der Waals surface area contributed by atoms with Gasteiger partial charge in [0.15, 0.2) is 0 Å². The van der Waals surface area contributed by atoms with Crippen molar-refractivity contribution in [3.05, 3.63) is 18.2 Å². The predicted molar refractivity (Wildman–Crippen MR) is 74.6 cm³/mol. The van der Waals surface area contributed by atoms with Crippen molar-refractivity contribution in [1.82, 2.24) is 20.2 Å². The summed E-state index contributed by atoms with van der Waals surface area (Å²) >= 11 is 0. The van der Waals surface area contributed by atoms with Crippen molar-refractivity contribution in [2.45, 2.75) is 52.2 Å². The molecule has 2 N–H and O–H groups in total. The molecule has 106 valence electrons. The number of carbonyl (C=O) groups is 1. The number of carbonyl (C=O) groups excluding carboxylic acids is 1. The van der Waals surface area contributed by atoms with E-state index in [1.54, 1.807) is 6.33 Å². The minimum absolute atomic E-state index is 0.114. The van der Waals surface area contributed by atoms with Gasteiger partial charge in [0, 0.05) is 38.3 Å². The Kier molecular flexibility index (Phi) is 4.96. The molecular formula is C14H24N4O. The van der Waals surface area contributed by atoms with Crippen LogP contribution < -0.4 is 10.6 Å². The number of hydrogen-bond acceptors (Lipinski definition) is 3. The van der Waals surface area contributed by atoms with Gasteiger partial charge in [0.2, 0.25) is 5.91 Å². The number of nitrogens with zero attached hydrogens (tertiary/aromatic N) is 2. The van der Waals surface area contributed by atoms with E-state index in [9.17, 15) is 4.79 Å². The highest BCUT2D eigenvalue weighted by atomic mass is 16.1.